The molecule has 22 heavy (non-hydrogen) atoms. The van der Waals surface area contributed by atoms with E-state index in [0.717, 1.165) is 11.3 Å². The van der Waals surface area contributed by atoms with Gasteiger partial charge in [0.15, 0.2) is 11.5 Å². The van der Waals surface area contributed by atoms with Crippen molar-refractivity contribution in [2.45, 2.75) is 19.4 Å². The molecule has 0 unspecified atom stereocenters. The van der Waals surface area contributed by atoms with Crippen LogP contribution >= 0.6 is 0 Å². The number of nitrogens with one attached hydrogen (secondary N) is 1. The molecule has 1 N–H and O–H groups in total. The molecular formula is C16H20N2O4. The predicted octanol–water partition coefficient (Wildman–Crippen LogP) is 1.11. The molecule has 1 saturated heterocycles. The molecule has 1 aromatic carbocycles. The number of hydrogen-bond acceptors (Lipinski definition) is 4. The quantitative estimate of drug-likeness (QED) is 0.908. The number of carbonyl (C=O) groups excluding carboxylic acids is 2. The lowest BCUT2D eigenvalue weighted by Gasteiger charge is -2.21. The van der Waals surface area contributed by atoms with E-state index in [0.29, 0.717) is 25.5 Å². The molecule has 1 aromatic rings. The first-order chi connectivity index (χ1) is 10.5. The molecule has 2 aliphatic rings. The maximum Gasteiger partial charge on any atom is 0.225 e. The summed E-state index contributed by atoms with van der Waals surface area (Å²) in [5, 5.41) is 2.97. The molecule has 2 heterocycles. The monoisotopic (exact) mass is 304 g/mol. The standard InChI is InChI=1S/C16H20N2O4/c1-10(17-16(20)12-8-15(19)18(2)9-12)11-3-4-13-14(7-11)22-6-5-21-13/h3-4,7,10,12H,5-6,8-9H2,1-2H3,(H,17,20)/t10-,12-/m0/s1. The number of fused-ring (bicyclic) bond motifs is 1. The van der Waals surface area contributed by atoms with Crippen molar-refractivity contribution >= 4 is 11.8 Å². The second-order valence-corrected chi connectivity index (χ2v) is 5.81. The molecule has 0 spiro atoms. The second-order valence-electron chi connectivity index (χ2n) is 5.81. The minimum Gasteiger partial charge on any atom is -0.486 e. The van der Waals surface area contributed by atoms with E-state index in [9.17, 15) is 9.59 Å². The Bertz CT molecular complexity index is 602. The fourth-order valence-corrected chi connectivity index (χ4v) is 2.78. The van der Waals surface area contributed by atoms with Crippen LogP contribution < -0.4 is 14.8 Å². The van der Waals surface area contributed by atoms with Crippen LogP contribution in [0.15, 0.2) is 18.2 Å². The van der Waals surface area contributed by atoms with E-state index in [2.05, 4.69) is 5.32 Å². The predicted molar refractivity (Wildman–Crippen MR) is 79.7 cm³/mol. The highest BCUT2D eigenvalue weighted by Gasteiger charge is 2.32. The third kappa shape index (κ3) is 2.86. The average molecular weight is 304 g/mol. The van der Waals surface area contributed by atoms with Crippen LogP contribution in [0.4, 0.5) is 0 Å². The van der Waals surface area contributed by atoms with Gasteiger partial charge in [0, 0.05) is 20.0 Å². The minimum absolute atomic E-state index is 0.0205. The number of carbonyl (C=O) groups is 2. The van der Waals surface area contributed by atoms with Gasteiger partial charge < -0.3 is 19.7 Å². The average Bonchev–Trinajstić information content (AvgIpc) is 2.86. The van der Waals surface area contributed by atoms with Crippen molar-refractivity contribution in [1.29, 1.82) is 0 Å². The van der Waals surface area contributed by atoms with Crippen LogP contribution in [0.25, 0.3) is 0 Å². The fourth-order valence-electron chi connectivity index (χ4n) is 2.78. The summed E-state index contributed by atoms with van der Waals surface area (Å²) >= 11 is 0. The Morgan fingerprint density at radius 1 is 1.32 bits per heavy atom. The molecule has 0 bridgehead atoms. The second kappa shape index (κ2) is 5.87. The zero-order chi connectivity index (χ0) is 15.7. The fraction of sp³-hybridized carbons (Fsp3) is 0.500. The zero-order valence-electron chi connectivity index (χ0n) is 12.8. The van der Waals surface area contributed by atoms with E-state index in [-0.39, 0.29) is 30.2 Å². The summed E-state index contributed by atoms with van der Waals surface area (Å²) in [6, 6.07) is 5.53. The lowest BCUT2D eigenvalue weighted by Crippen LogP contribution is -2.34. The van der Waals surface area contributed by atoms with Gasteiger partial charge >= 0.3 is 0 Å². The first kappa shape index (κ1) is 14.7. The van der Waals surface area contributed by atoms with E-state index in [1.54, 1.807) is 11.9 Å². The Kier molecular flexibility index (Phi) is 3.92. The van der Waals surface area contributed by atoms with E-state index in [1.165, 1.54) is 0 Å². The molecule has 0 aliphatic carbocycles. The van der Waals surface area contributed by atoms with Crippen LogP contribution in [0.2, 0.25) is 0 Å². The minimum atomic E-state index is -0.267. The van der Waals surface area contributed by atoms with Crippen LogP contribution in [0.5, 0.6) is 11.5 Å². The van der Waals surface area contributed by atoms with E-state index < -0.39 is 0 Å². The van der Waals surface area contributed by atoms with E-state index in [4.69, 9.17) is 9.47 Å². The lowest BCUT2D eigenvalue weighted by molar-refractivity contribution is -0.128. The highest BCUT2D eigenvalue weighted by Crippen LogP contribution is 2.32. The number of likely N-dealkylation sites (tertiary alicyclic amines) is 1. The SMILES string of the molecule is C[C@H](NC(=O)[C@H]1CC(=O)N(C)C1)c1ccc2c(c1)OCCO2. The van der Waals surface area contributed by atoms with Gasteiger partial charge in [0.1, 0.15) is 13.2 Å². The summed E-state index contributed by atoms with van der Waals surface area (Å²) < 4.78 is 11.0. The van der Waals surface area contributed by atoms with Crippen molar-refractivity contribution in [2.75, 3.05) is 26.8 Å². The van der Waals surface area contributed by atoms with Gasteiger partial charge in [-0.25, -0.2) is 0 Å². The molecule has 0 radical (unpaired) electrons. The molecule has 1 fully saturated rings. The zero-order valence-corrected chi connectivity index (χ0v) is 12.8. The van der Waals surface area contributed by atoms with Gasteiger partial charge in [-0.1, -0.05) is 6.07 Å². The number of nitrogens with zero attached hydrogens (tertiary/aromatic N) is 1. The third-order valence-corrected chi connectivity index (χ3v) is 4.14. The van der Waals surface area contributed by atoms with Crippen LogP contribution in [-0.4, -0.2) is 43.5 Å². The number of rotatable bonds is 3. The molecule has 2 aliphatic heterocycles. The van der Waals surface area contributed by atoms with Gasteiger partial charge in [0.05, 0.1) is 12.0 Å². The third-order valence-electron chi connectivity index (χ3n) is 4.14. The number of ether oxygens (including phenoxy) is 2. The van der Waals surface area contributed by atoms with Crippen molar-refractivity contribution in [3.63, 3.8) is 0 Å². The normalized spacial score (nSPS) is 21.6. The molecule has 6 nitrogen and oxygen atoms in total. The molecule has 118 valence electrons. The number of benzene rings is 1. The van der Waals surface area contributed by atoms with Crippen LogP contribution in [0, 0.1) is 5.92 Å². The topological polar surface area (TPSA) is 67.9 Å². The largest absolute Gasteiger partial charge is 0.486 e. The Morgan fingerprint density at radius 2 is 2.05 bits per heavy atom. The Balaban J connectivity index is 1.65. The molecule has 6 heteroatoms. The summed E-state index contributed by atoms with van der Waals surface area (Å²) in [6.45, 7) is 3.50. The highest BCUT2D eigenvalue weighted by atomic mass is 16.6. The highest BCUT2D eigenvalue weighted by molar-refractivity contribution is 5.89. The van der Waals surface area contributed by atoms with Crippen molar-refractivity contribution in [2.24, 2.45) is 5.92 Å². The van der Waals surface area contributed by atoms with Gasteiger partial charge in [-0.2, -0.15) is 0 Å². The maximum atomic E-state index is 12.3. The summed E-state index contributed by atoms with van der Waals surface area (Å²) in [6.07, 6.45) is 0.288. The smallest absolute Gasteiger partial charge is 0.225 e. The van der Waals surface area contributed by atoms with Crippen molar-refractivity contribution in [1.82, 2.24) is 10.2 Å². The molecule has 2 atom stereocenters. The molecular weight excluding hydrogens is 284 g/mol. The van der Waals surface area contributed by atoms with Gasteiger partial charge in [0.25, 0.3) is 0 Å². The number of hydrogen-bond donors (Lipinski definition) is 1. The maximum absolute atomic E-state index is 12.3. The Hall–Kier alpha value is -2.24. The van der Waals surface area contributed by atoms with Crippen LogP contribution in [0.3, 0.4) is 0 Å². The Morgan fingerprint density at radius 3 is 2.73 bits per heavy atom. The number of amides is 2. The summed E-state index contributed by atoms with van der Waals surface area (Å²) in [4.78, 5) is 25.4. The van der Waals surface area contributed by atoms with Crippen LogP contribution in [0.1, 0.15) is 24.9 Å². The molecule has 0 aromatic heterocycles. The van der Waals surface area contributed by atoms with Gasteiger partial charge in [-0.15, -0.1) is 0 Å². The first-order valence-electron chi connectivity index (χ1n) is 7.48. The van der Waals surface area contributed by atoms with Gasteiger partial charge in [-0.05, 0) is 24.6 Å². The van der Waals surface area contributed by atoms with E-state index in [1.807, 2.05) is 25.1 Å². The molecule has 3 rings (SSSR count). The van der Waals surface area contributed by atoms with Crippen molar-refractivity contribution in [3.05, 3.63) is 23.8 Å². The van der Waals surface area contributed by atoms with Gasteiger partial charge in [-0.3, -0.25) is 9.59 Å². The van der Waals surface area contributed by atoms with Crippen molar-refractivity contribution < 1.29 is 19.1 Å². The van der Waals surface area contributed by atoms with Crippen molar-refractivity contribution in [3.8, 4) is 11.5 Å². The summed E-state index contributed by atoms with van der Waals surface area (Å²) in [7, 11) is 1.72. The van der Waals surface area contributed by atoms with E-state index >= 15 is 0 Å². The van der Waals surface area contributed by atoms with Gasteiger partial charge in [0.2, 0.25) is 11.8 Å². The molecule has 0 saturated carbocycles. The summed E-state index contributed by atoms with van der Waals surface area (Å²) in [5.41, 5.74) is 0.954. The molecule has 2 amide bonds. The lowest BCUT2D eigenvalue weighted by atomic mass is 10.0. The van der Waals surface area contributed by atoms with Crippen LogP contribution in [-0.2, 0) is 9.59 Å². The Labute approximate surface area is 129 Å². The summed E-state index contributed by atoms with van der Waals surface area (Å²) in [5.74, 6) is 1.11. The first-order valence-corrected chi connectivity index (χ1v) is 7.48.